The summed E-state index contributed by atoms with van der Waals surface area (Å²) in [6.07, 6.45) is 11.5. The zero-order valence-electron chi connectivity index (χ0n) is 16.1. The normalized spacial score (nSPS) is 18.4. The summed E-state index contributed by atoms with van der Waals surface area (Å²) in [5, 5.41) is 7.52. The van der Waals surface area contributed by atoms with Gasteiger partial charge in [0, 0.05) is 37.5 Å². The van der Waals surface area contributed by atoms with Gasteiger partial charge in [0.25, 0.3) is 0 Å². The molecular weight excluding hydrogens is 354 g/mol. The molecule has 1 aliphatic carbocycles. The molecule has 0 bridgehead atoms. The molecule has 1 saturated heterocycles. The lowest BCUT2D eigenvalue weighted by molar-refractivity contribution is -0.131. The van der Waals surface area contributed by atoms with Gasteiger partial charge in [-0.05, 0) is 37.3 Å². The maximum Gasteiger partial charge on any atom is 0.228 e. The van der Waals surface area contributed by atoms with Crippen molar-refractivity contribution in [3.8, 4) is 0 Å². The van der Waals surface area contributed by atoms with E-state index in [0.717, 1.165) is 49.9 Å². The number of anilines is 1. The van der Waals surface area contributed by atoms with Crippen molar-refractivity contribution in [1.29, 1.82) is 0 Å². The summed E-state index contributed by atoms with van der Waals surface area (Å²) in [6, 6.07) is 5.86. The van der Waals surface area contributed by atoms with Crippen molar-refractivity contribution < 1.29 is 9.59 Å². The third-order valence-corrected chi connectivity index (χ3v) is 5.89. The van der Waals surface area contributed by atoms with Crippen molar-refractivity contribution in [1.82, 2.24) is 19.7 Å². The first-order valence-corrected chi connectivity index (χ1v) is 10.2. The average Bonchev–Trinajstić information content (AvgIpc) is 3.41. The number of nitrogens with one attached hydrogen (secondary N) is 1. The summed E-state index contributed by atoms with van der Waals surface area (Å²) in [7, 11) is 0. The Bertz CT molecular complexity index is 805. The number of aromatic nitrogens is 3. The maximum atomic E-state index is 12.5. The largest absolute Gasteiger partial charge is 0.342 e. The highest BCUT2D eigenvalue weighted by Crippen LogP contribution is 2.28. The summed E-state index contributed by atoms with van der Waals surface area (Å²) in [6.45, 7) is 1.42. The molecule has 2 aromatic heterocycles. The van der Waals surface area contributed by atoms with Crippen molar-refractivity contribution in [3.63, 3.8) is 0 Å². The zero-order chi connectivity index (χ0) is 19.3. The Hall–Kier alpha value is -2.70. The van der Waals surface area contributed by atoms with Gasteiger partial charge in [-0.1, -0.05) is 18.9 Å². The number of hydrogen-bond acceptors (Lipinski definition) is 4. The van der Waals surface area contributed by atoms with Crippen LogP contribution in [0.4, 0.5) is 5.82 Å². The van der Waals surface area contributed by atoms with Gasteiger partial charge in [-0.3, -0.25) is 14.6 Å². The molecule has 2 fully saturated rings. The molecule has 4 rings (SSSR count). The molecule has 0 radical (unpaired) electrons. The van der Waals surface area contributed by atoms with Crippen LogP contribution >= 0.6 is 0 Å². The van der Waals surface area contributed by atoms with Crippen molar-refractivity contribution in [2.45, 2.75) is 51.0 Å². The number of carbonyl (C=O) groups excluding carboxylic acids is 2. The third kappa shape index (κ3) is 4.24. The minimum Gasteiger partial charge on any atom is -0.342 e. The van der Waals surface area contributed by atoms with Gasteiger partial charge in [0.2, 0.25) is 11.8 Å². The fraction of sp³-hybridized carbons (Fsp3) is 0.524. The van der Waals surface area contributed by atoms with E-state index < -0.39 is 0 Å². The maximum absolute atomic E-state index is 12.5. The predicted molar refractivity (Wildman–Crippen MR) is 106 cm³/mol. The molecule has 1 N–H and O–H groups in total. The highest BCUT2D eigenvalue weighted by Gasteiger charge is 2.27. The van der Waals surface area contributed by atoms with Crippen LogP contribution in [-0.4, -0.2) is 44.6 Å². The molecule has 1 saturated carbocycles. The Kier molecular flexibility index (Phi) is 5.69. The average molecular weight is 381 g/mol. The van der Waals surface area contributed by atoms with Crippen LogP contribution in [0.2, 0.25) is 0 Å². The van der Waals surface area contributed by atoms with Gasteiger partial charge in [-0.25, -0.2) is 4.68 Å². The highest BCUT2D eigenvalue weighted by atomic mass is 16.2. The van der Waals surface area contributed by atoms with E-state index in [1.165, 1.54) is 0 Å². The number of piperidine rings is 1. The fourth-order valence-corrected chi connectivity index (χ4v) is 4.27. The Balaban J connectivity index is 1.32. The molecule has 1 aliphatic heterocycles. The van der Waals surface area contributed by atoms with Crippen molar-refractivity contribution in [2.75, 3.05) is 18.4 Å². The number of carbonyl (C=O) groups is 2. The molecule has 0 atom stereocenters. The summed E-state index contributed by atoms with van der Waals surface area (Å²) >= 11 is 0. The fourth-order valence-electron chi connectivity index (χ4n) is 4.27. The molecule has 2 aromatic rings. The summed E-state index contributed by atoms with van der Waals surface area (Å²) in [4.78, 5) is 31.0. The van der Waals surface area contributed by atoms with E-state index in [1.54, 1.807) is 18.6 Å². The molecule has 0 spiro atoms. The number of rotatable bonds is 5. The molecule has 148 valence electrons. The van der Waals surface area contributed by atoms with Crippen LogP contribution in [0, 0.1) is 5.92 Å². The monoisotopic (exact) mass is 381 g/mol. The van der Waals surface area contributed by atoms with Crippen molar-refractivity contribution in [2.24, 2.45) is 5.92 Å². The topological polar surface area (TPSA) is 80.1 Å². The van der Waals surface area contributed by atoms with Crippen LogP contribution in [0.15, 0.2) is 36.8 Å². The molecule has 0 unspecified atom stereocenters. The number of nitrogens with zero attached hydrogens (tertiary/aromatic N) is 4. The molecule has 7 heteroatoms. The van der Waals surface area contributed by atoms with E-state index in [0.29, 0.717) is 19.5 Å². The smallest absolute Gasteiger partial charge is 0.228 e. The Labute approximate surface area is 165 Å². The van der Waals surface area contributed by atoms with Gasteiger partial charge in [-0.2, -0.15) is 5.10 Å². The Morgan fingerprint density at radius 3 is 2.57 bits per heavy atom. The molecule has 7 nitrogen and oxygen atoms in total. The quantitative estimate of drug-likeness (QED) is 0.864. The zero-order valence-corrected chi connectivity index (χ0v) is 16.1. The third-order valence-electron chi connectivity index (χ3n) is 5.89. The Morgan fingerprint density at radius 1 is 1.07 bits per heavy atom. The number of likely N-dealkylation sites (tertiary alicyclic amines) is 1. The second kappa shape index (κ2) is 8.54. The second-order valence-electron chi connectivity index (χ2n) is 7.78. The van der Waals surface area contributed by atoms with Gasteiger partial charge in [-0.15, -0.1) is 0 Å². The molecular formula is C21H27N5O2. The first-order chi connectivity index (χ1) is 13.7. The van der Waals surface area contributed by atoms with Crippen LogP contribution in [-0.2, 0) is 16.0 Å². The minimum atomic E-state index is 0.114. The number of hydrogen-bond donors (Lipinski definition) is 1. The van der Waals surface area contributed by atoms with Gasteiger partial charge in [0.05, 0.1) is 18.7 Å². The lowest BCUT2D eigenvalue weighted by Crippen LogP contribution is -2.40. The summed E-state index contributed by atoms with van der Waals surface area (Å²) < 4.78 is 1.93. The number of amides is 2. The van der Waals surface area contributed by atoms with E-state index in [1.807, 2.05) is 27.8 Å². The lowest BCUT2D eigenvalue weighted by Gasteiger charge is -2.33. The van der Waals surface area contributed by atoms with E-state index in [9.17, 15) is 9.59 Å². The molecule has 28 heavy (non-hydrogen) atoms. The van der Waals surface area contributed by atoms with Crippen LogP contribution < -0.4 is 5.32 Å². The number of pyridine rings is 1. The van der Waals surface area contributed by atoms with E-state index in [2.05, 4.69) is 15.4 Å². The van der Waals surface area contributed by atoms with Crippen LogP contribution in [0.25, 0.3) is 0 Å². The van der Waals surface area contributed by atoms with E-state index in [-0.39, 0.29) is 23.8 Å². The van der Waals surface area contributed by atoms with Crippen LogP contribution in [0.5, 0.6) is 0 Å². The second-order valence-corrected chi connectivity index (χ2v) is 7.78. The van der Waals surface area contributed by atoms with Crippen molar-refractivity contribution >= 4 is 17.6 Å². The standard InChI is InChI=1S/C21H27N5O2/c27-20(14-16-4-3-10-22-15-16)25-12-8-18(9-13-25)26-19(7-11-23-26)24-21(28)17-5-1-2-6-17/h3-4,7,10-11,15,17-18H,1-2,5-6,8-9,12-14H2,(H,24,28). The summed E-state index contributed by atoms with van der Waals surface area (Å²) in [5.74, 6) is 1.16. The SMILES string of the molecule is O=C(Nc1ccnn1C1CCN(C(=O)Cc2cccnc2)CC1)C1CCCC1. The molecule has 2 aliphatic rings. The van der Waals surface area contributed by atoms with Gasteiger partial charge < -0.3 is 10.2 Å². The molecule has 0 aromatic carbocycles. The highest BCUT2D eigenvalue weighted by molar-refractivity contribution is 5.91. The van der Waals surface area contributed by atoms with Crippen LogP contribution in [0.1, 0.15) is 50.1 Å². The molecule has 3 heterocycles. The first-order valence-electron chi connectivity index (χ1n) is 10.2. The molecule has 2 amide bonds. The van der Waals surface area contributed by atoms with E-state index in [4.69, 9.17) is 0 Å². The van der Waals surface area contributed by atoms with E-state index >= 15 is 0 Å². The predicted octanol–water partition coefficient (Wildman–Crippen LogP) is 2.81. The minimum absolute atomic E-state index is 0.114. The van der Waals surface area contributed by atoms with Crippen molar-refractivity contribution in [3.05, 3.63) is 42.4 Å². The van der Waals surface area contributed by atoms with Gasteiger partial charge >= 0.3 is 0 Å². The first kappa shape index (κ1) is 18.7. The van der Waals surface area contributed by atoms with Gasteiger partial charge in [0.15, 0.2) is 0 Å². The van der Waals surface area contributed by atoms with Gasteiger partial charge in [0.1, 0.15) is 5.82 Å². The lowest BCUT2D eigenvalue weighted by atomic mass is 10.0. The Morgan fingerprint density at radius 2 is 1.86 bits per heavy atom. The summed E-state index contributed by atoms with van der Waals surface area (Å²) in [5.41, 5.74) is 0.943. The van der Waals surface area contributed by atoms with Crippen LogP contribution in [0.3, 0.4) is 0 Å².